The molecule has 3 aromatic rings. The highest BCUT2D eigenvalue weighted by Gasteiger charge is 2.37. The molecule has 0 unspecified atom stereocenters. The third kappa shape index (κ3) is 6.05. The van der Waals surface area contributed by atoms with Crippen LogP contribution in [0.5, 0.6) is 0 Å². The SMILES string of the molecule is COC(=O)c1c(-c2ccc(F)cc2)[nH]n2cc(NS(=O)(=O)CCCO[Si](C)(C)C(C)(C)C)c(=O)cc12. The average Bonchev–Trinajstić information content (AvgIpc) is 3.14. The maximum atomic E-state index is 13.4. The summed E-state index contributed by atoms with van der Waals surface area (Å²) >= 11 is 0. The Hall–Kier alpha value is -2.96. The van der Waals surface area contributed by atoms with Gasteiger partial charge in [0.15, 0.2) is 8.32 Å². The quantitative estimate of drug-likeness (QED) is 0.238. The lowest BCUT2D eigenvalue weighted by molar-refractivity contribution is 0.0603. The number of H-pyrrole nitrogens is 1. The van der Waals surface area contributed by atoms with Crippen molar-refractivity contribution in [1.29, 1.82) is 0 Å². The third-order valence-electron chi connectivity index (χ3n) is 6.40. The normalized spacial score (nSPS) is 12.6. The lowest BCUT2D eigenvalue weighted by atomic mass is 10.1. The van der Waals surface area contributed by atoms with Gasteiger partial charge in [0.25, 0.3) is 0 Å². The zero-order valence-electron chi connectivity index (χ0n) is 21.3. The zero-order chi connectivity index (χ0) is 26.9. The number of aromatic nitrogens is 2. The van der Waals surface area contributed by atoms with Crippen LogP contribution in [0.15, 0.2) is 41.3 Å². The minimum Gasteiger partial charge on any atom is -0.465 e. The molecular formula is C24H32FN3O6SSi. The minimum absolute atomic E-state index is 0.0140. The number of fused-ring (bicyclic) bond motifs is 1. The van der Waals surface area contributed by atoms with Gasteiger partial charge in [-0.1, -0.05) is 20.8 Å². The second-order valence-electron chi connectivity index (χ2n) is 10.1. The van der Waals surface area contributed by atoms with E-state index >= 15 is 0 Å². The number of pyridine rings is 1. The Kier molecular flexibility index (Phi) is 7.82. The van der Waals surface area contributed by atoms with Crippen molar-refractivity contribution in [2.75, 3.05) is 24.2 Å². The van der Waals surface area contributed by atoms with Crippen molar-refractivity contribution in [3.8, 4) is 11.3 Å². The van der Waals surface area contributed by atoms with E-state index < -0.39 is 35.6 Å². The maximum absolute atomic E-state index is 13.4. The summed E-state index contributed by atoms with van der Waals surface area (Å²) in [6.45, 7) is 10.8. The lowest BCUT2D eigenvalue weighted by Crippen LogP contribution is -2.41. The van der Waals surface area contributed by atoms with Crippen LogP contribution in [0.2, 0.25) is 18.1 Å². The number of methoxy groups -OCH3 is 1. The fourth-order valence-corrected chi connectivity index (χ4v) is 5.52. The first-order valence-corrected chi connectivity index (χ1v) is 16.0. The summed E-state index contributed by atoms with van der Waals surface area (Å²) in [6.07, 6.45) is 1.54. The summed E-state index contributed by atoms with van der Waals surface area (Å²) in [7, 11) is -4.62. The van der Waals surface area contributed by atoms with Gasteiger partial charge in [0, 0.05) is 18.2 Å². The Balaban J connectivity index is 1.86. The molecule has 2 N–H and O–H groups in total. The van der Waals surface area contributed by atoms with Gasteiger partial charge in [-0.05, 0) is 48.8 Å². The molecule has 0 aliphatic rings. The predicted molar refractivity (Wildman–Crippen MR) is 140 cm³/mol. The Morgan fingerprint density at radius 1 is 1.19 bits per heavy atom. The molecule has 0 fully saturated rings. The number of ether oxygens (including phenoxy) is 1. The highest BCUT2D eigenvalue weighted by Crippen LogP contribution is 2.36. The monoisotopic (exact) mass is 537 g/mol. The molecule has 9 nitrogen and oxygen atoms in total. The molecule has 196 valence electrons. The van der Waals surface area contributed by atoms with E-state index in [1.54, 1.807) is 0 Å². The Morgan fingerprint density at radius 2 is 1.83 bits per heavy atom. The first kappa shape index (κ1) is 27.6. The first-order chi connectivity index (χ1) is 16.6. The molecule has 0 saturated heterocycles. The molecular weight excluding hydrogens is 505 g/mol. The fourth-order valence-electron chi connectivity index (χ4n) is 3.35. The van der Waals surface area contributed by atoms with Crippen LogP contribution in [-0.2, 0) is 19.2 Å². The summed E-state index contributed by atoms with van der Waals surface area (Å²) in [5.74, 6) is -1.37. The van der Waals surface area contributed by atoms with E-state index in [2.05, 4.69) is 43.7 Å². The van der Waals surface area contributed by atoms with Gasteiger partial charge in [0.1, 0.15) is 17.1 Å². The standard InChI is InChI=1S/C24H32FN3O6SSi/c1-24(2,3)36(5,6)34-12-7-13-35(31,32)27-18-15-28-19(14-20(18)29)21(23(30)33-4)22(26-28)16-8-10-17(25)11-9-16/h8-11,14-15,26-27H,7,12-13H2,1-6H3. The van der Waals surface area contributed by atoms with Crippen LogP contribution in [0.25, 0.3) is 16.8 Å². The third-order valence-corrected chi connectivity index (χ3v) is 12.3. The minimum atomic E-state index is -3.84. The number of nitrogens with one attached hydrogen (secondary N) is 2. The average molecular weight is 538 g/mol. The molecule has 0 atom stereocenters. The summed E-state index contributed by atoms with van der Waals surface area (Å²) in [5.41, 5.74) is 0.239. The number of sulfonamides is 1. The molecule has 0 aliphatic heterocycles. The smallest absolute Gasteiger partial charge is 0.342 e. The number of rotatable bonds is 9. The molecule has 0 spiro atoms. The van der Waals surface area contributed by atoms with Gasteiger partial charge in [0.2, 0.25) is 15.5 Å². The van der Waals surface area contributed by atoms with Crippen molar-refractivity contribution in [1.82, 2.24) is 9.61 Å². The van der Waals surface area contributed by atoms with E-state index in [4.69, 9.17) is 9.16 Å². The number of halogens is 1. The predicted octanol–water partition coefficient (Wildman–Crippen LogP) is 4.37. The molecule has 2 heterocycles. The number of hydrogen-bond acceptors (Lipinski definition) is 6. The molecule has 0 saturated carbocycles. The maximum Gasteiger partial charge on any atom is 0.342 e. The molecule has 1 aromatic carbocycles. The molecule has 0 radical (unpaired) electrons. The van der Waals surface area contributed by atoms with E-state index in [1.165, 1.54) is 42.1 Å². The van der Waals surface area contributed by atoms with Crippen LogP contribution in [0.4, 0.5) is 10.1 Å². The number of nitrogens with zero attached hydrogens (tertiary/aromatic N) is 1. The van der Waals surface area contributed by atoms with E-state index in [0.29, 0.717) is 17.9 Å². The van der Waals surface area contributed by atoms with Gasteiger partial charge in [-0.15, -0.1) is 0 Å². The zero-order valence-corrected chi connectivity index (χ0v) is 23.1. The largest absolute Gasteiger partial charge is 0.465 e. The summed E-state index contributed by atoms with van der Waals surface area (Å²) in [6, 6.07) is 6.56. The number of benzene rings is 1. The second-order valence-corrected chi connectivity index (χ2v) is 16.7. The van der Waals surface area contributed by atoms with Gasteiger partial charge < -0.3 is 9.16 Å². The number of carbonyl (C=O) groups excluding carboxylic acids is 1. The van der Waals surface area contributed by atoms with E-state index in [9.17, 15) is 22.4 Å². The highest BCUT2D eigenvalue weighted by molar-refractivity contribution is 7.92. The van der Waals surface area contributed by atoms with Crippen molar-refractivity contribution in [2.24, 2.45) is 0 Å². The summed E-state index contributed by atoms with van der Waals surface area (Å²) < 4.78 is 53.3. The van der Waals surface area contributed by atoms with Crippen molar-refractivity contribution >= 4 is 35.5 Å². The van der Waals surface area contributed by atoms with Crippen molar-refractivity contribution in [3.63, 3.8) is 0 Å². The van der Waals surface area contributed by atoms with Gasteiger partial charge in [0.05, 0.1) is 30.3 Å². The van der Waals surface area contributed by atoms with Crippen LogP contribution in [-0.4, -0.2) is 51.8 Å². The number of anilines is 1. The number of hydrogen-bond donors (Lipinski definition) is 2. The Morgan fingerprint density at radius 3 is 2.42 bits per heavy atom. The van der Waals surface area contributed by atoms with Crippen LogP contribution >= 0.6 is 0 Å². The molecule has 0 amide bonds. The first-order valence-electron chi connectivity index (χ1n) is 11.4. The van der Waals surface area contributed by atoms with Crippen LogP contribution in [0, 0.1) is 5.82 Å². The molecule has 36 heavy (non-hydrogen) atoms. The Bertz CT molecular complexity index is 1420. The fraction of sp³-hybridized carbons (Fsp3) is 0.417. The molecule has 0 aliphatic carbocycles. The van der Waals surface area contributed by atoms with Gasteiger partial charge >= 0.3 is 5.97 Å². The number of esters is 1. The van der Waals surface area contributed by atoms with Gasteiger partial charge in [-0.25, -0.2) is 17.6 Å². The molecule has 12 heteroatoms. The van der Waals surface area contributed by atoms with E-state index in [0.717, 1.165) is 6.07 Å². The van der Waals surface area contributed by atoms with Crippen LogP contribution in [0.3, 0.4) is 0 Å². The Labute approximate surface area is 210 Å². The number of aromatic amines is 1. The van der Waals surface area contributed by atoms with Crippen molar-refractivity contribution in [3.05, 3.63) is 58.1 Å². The summed E-state index contributed by atoms with van der Waals surface area (Å²) in [5, 5.41) is 2.97. The van der Waals surface area contributed by atoms with E-state index in [-0.39, 0.29) is 34.0 Å². The lowest BCUT2D eigenvalue weighted by Gasteiger charge is -2.36. The van der Waals surface area contributed by atoms with Crippen molar-refractivity contribution < 1.29 is 26.8 Å². The van der Waals surface area contributed by atoms with Crippen LogP contribution in [0.1, 0.15) is 37.6 Å². The van der Waals surface area contributed by atoms with Gasteiger partial charge in [-0.3, -0.25) is 19.1 Å². The summed E-state index contributed by atoms with van der Waals surface area (Å²) in [4.78, 5) is 25.3. The highest BCUT2D eigenvalue weighted by atomic mass is 32.2. The van der Waals surface area contributed by atoms with Crippen LogP contribution < -0.4 is 10.2 Å². The van der Waals surface area contributed by atoms with E-state index in [1.807, 2.05) is 0 Å². The van der Waals surface area contributed by atoms with Gasteiger partial charge in [-0.2, -0.15) is 0 Å². The van der Waals surface area contributed by atoms with Crippen molar-refractivity contribution in [2.45, 2.75) is 45.3 Å². The number of carbonyl (C=O) groups is 1. The topological polar surface area (TPSA) is 119 Å². The molecule has 2 aromatic heterocycles. The second kappa shape index (κ2) is 10.2. The molecule has 3 rings (SSSR count). The molecule has 0 bridgehead atoms.